The number of ether oxygens (including phenoxy) is 1. The molecule has 9 nitrogen and oxygen atoms in total. The number of fused-ring (bicyclic) bond motifs is 3. The van der Waals surface area contributed by atoms with Crippen molar-refractivity contribution in [3.8, 4) is 11.3 Å². The Labute approximate surface area is 238 Å². The smallest absolute Gasteiger partial charge is 0.254 e. The number of hydrogen-bond donors (Lipinski definition) is 1. The Balaban J connectivity index is 1.46. The van der Waals surface area contributed by atoms with Crippen molar-refractivity contribution in [1.29, 1.82) is 0 Å². The number of benzene rings is 2. The molecule has 1 N–H and O–H groups in total. The lowest BCUT2D eigenvalue weighted by Crippen LogP contribution is -2.61. The SMILES string of the molecule is Cc1nnn(C)c1-c1cnc2c3cc(C(=O)N4CC(C)(O)C4)ccc3n([C@H](c3ccccc3)C3CCOCC3)c2c1. The predicted molar refractivity (Wildman–Crippen MR) is 157 cm³/mol. The molecule has 1 atom stereocenters. The Bertz CT molecular complexity index is 1740. The predicted octanol–water partition coefficient (Wildman–Crippen LogP) is 4.52. The monoisotopic (exact) mass is 550 g/mol. The lowest BCUT2D eigenvalue weighted by molar-refractivity contribution is -0.0668. The van der Waals surface area contributed by atoms with Crippen LogP contribution in [0.4, 0.5) is 0 Å². The minimum Gasteiger partial charge on any atom is -0.386 e. The summed E-state index contributed by atoms with van der Waals surface area (Å²) < 4.78 is 9.98. The summed E-state index contributed by atoms with van der Waals surface area (Å²) in [7, 11) is 1.90. The molecule has 9 heteroatoms. The van der Waals surface area contributed by atoms with Gasteiger partial charge in [0.05, 0.1) is 52.7 Å². The highest BCUT2D eigenvalue weighted by atomic mass is 16.5. The summed E-state index contributed by atoms with van der Waals surface area (Å²) in [6, 6.07) is 18.9. The summed E-state index contributed by atoms with van der Waals surface area (Å²) in [5.41, 5.74) is 6.65. The highest BCUT2D eigenvalue weighted by Gasteiger charge is 2.40. The molecule has 2 saturated heterocycles. The lowest BCUT2D eigenvalue weighted by atomic mass is 9.86. The van der Waals surface area contributed by atoms with E-state index in [0.29, 0.717) is 24.6 Å². The number of likely N-dealkylation sites (tertiary alicyclic amines) is 1. The van der Waals surface area contributed by atoms with Crippen molar-refractivity contribution in [2.75, 3.05) is 26.3 Å². The molecule has 5 heterocycles. The van der Waals surface area contributed by atoms with Crippen LogP contribution in [-0.2, 0) is 11.8 Å². The van der Waals surface area contributed by atoms with E-state index < -0.39 is 5.60 Å². The van der Waals surface area contributed by atoms with Crippen molar-refractivity contribution in [3.63, 3.8) is 0 Å². The summed E-state index contributed by atoms with van der Waals surface area (Å²) in [6.45, 7) is 5.88. The topological polar surface area (TPSA) is 98.3 Å². The van der Waals surface area contributed by atoms with Crippen LogP contribution in [0.15, 0.2) is 60.8 Å². The molecule has 3 aromatic heterocycles. The maximum Gasteiger partial charge on any atom is 0.254 e. The van der Waals surface area contributed by atoms with Gasteiger partial charge in [0.2, 0.25) is 0 Å². The molecule has 0 spiro atoms. The molecule has 41 heavy (non-hydrogen) atoms. The quantitative estimate of drug-likeness (QED) is 0.346. The fourth-order valence-electron chi connectivity index (χ4n) is 6.74. The van der Waals surface area contributed by atoms with Crippen LogP contribution in [-0.4, -0.2) is 72.4 Å². The maximum atomic E-state index is 13.3. The number of carbonyl (C=O) groups is 1. The number of rotatable bonds is 5. The summed E-state index contributed by atoms with van der Waals surface area (Å²) >= 11 is 0. The zero-order valence-corrected chi connectivity index (χ0v) is 23.6. The summed E-state index contributed by atoms with van der Waals surface area (Å²) in [5.74, 6) is 0.301. The molecule has 2 fully saturated rings. The number of β-amino-alcohol motifs (C(OH)–C–C–N with tert-alkyl or cyclic N) is 1. The zero-order valence-electron chi connectivity index (χ0n) is 23.6. The number of aryl methyl sites for hydroxylation is 2. The summed E-state index contributed by atoms with van der Waals surface area (Å²) in [4.78, 5) is 20.1. The Morgan fingerprint density at radius 3 is 2.51 bits per heavy atom. The van der Waals surface area contributed by atoms with Gasteiger partial charge in [-0.15, -0.1) is 5.10 Å². The second kappa shape index (κ2) is 9.78. The molecule has 210 valence electrons. The average molecular weight is 551 g/mol. The number of carbonyl (C=O) groups excluding carboxylic acids is 1. The van der Waals surface area contributed by atoms with Crippen molar-refractivity contribution < 1.29 is 14.6 Å². The molecule has 1 amide bonds. The molecule has 0 saturated carbocycles. The minimum absolute atomic E-state index is 0.0648. The van der Waals surface area contributed by atoms with E-state index in [1.165, 1.54) is 5.56 Å². The van der Waals surface area contributed by atoms with Crippen molar-refractivity contribution in [2.24, 2.45) is 13.0 Å². The van der Waals surface area contributed by atoms with Gasteiger partial charge in [-0.25, -0.2) is 4.68 Å². The number of nitrogens with zero attached hydrogens (tertiary/aromatic N) is 6. The van der Waals surface area contributed by atoms with E-state index in [0.717, 1.165) is 64.9 Å². The van der Waals surface area contributed by atoms with Gasteiger partial charge < -0.3 is 19.3 Å². The second-order valence-electron chi connectivity index (χ2n) is 11.8. The molecule has 0 unspecified atom stereocenters. The van der Waals surface area contributed by atoms with Crippen LogP contribution in [0.3, 0.4) is 0 Å². The van der Waals surface area contributed by atoms with E-state index in [2.05, 4.69) is 57.3 Å². The van der Waals surface area contributed by atoms with Crippen LogP contribution in [0.25, 0.3) is 33.2 Å². The number of pyridine rings is 1. The van der Waals surface area contributed by atoms with E-state index in [9.17, 15) is 9.90 Å². The van der Waals surface area contributed by atoms with E-state index in [-0.39, 0.29) is 11.9 Å². The van der Waals surface area contributed by atoms with Crippen LogP contribution < -0.4 is 0 Å². The molecule has 2 aromatic carbocycles. The standard InChI is InChI=1S/C32H34N6O3/c1-20-29(36(3)35-34-20)24-16-27-28(33-17-24)25-15-23(31(39)37-18-32(2,40)19-37)9-10-26(25)38(27)30(21-7-5-4-6-8-21)22-11-13-41-14-12-22/h4-10,15-17,22,30,40H,11-14,18-19H2,1-3H3/t30-/m1/s1. The third kappa shape index (κ3) is 4.40. The first-order chi connectivity index (χ1) is 19.8. The second-order valence-corrected chi connectivity index (χ2v) is 11.8. The highest BCUT2D eigenvalue weighted by Crippen LogP contribution is 2.41. The van der Waals surface area contributed by atoms with Crippen LogP contribution in [0.1, 0.15) is 47.4 Å². The van der Waals surface area contributed by atoms with Gasteiger partial charge >= 0.3 is 0 Å². The molecule has 2 aliphatic rings. The number of hydrogen-bond acceptors (Lipinski definition) is 6. The molecule has 5 aromatic rings. The Kier molecular flexibility index (Phi) is 6.17. The lowest BCUT2D eigenvalue weighted by Gasteiger charge is -2.44. The molecule has 7 rings (SSSR count). The number of aromatic nitrogens is 5. The van der Waals surface area contributed by atoms with Gasteiger partial charge in [-0.3, -0.25) is 9.78 Å². The van der Waals surface area contributed by atoms with E-state index in [1.54, 1.807) is 16.5 Å². The first-order valence-corrected chi connectivity index (χ1v) is 14.3. The van der Waals surface area contributed by atoms with Crippen LogP contribution >= 0.6 is 0 Å². The van der Waals surface area contributed by atoms with Crippen LogP contribution in [0, 0.1) is 12.8 Å². The molecule has 0 radical (unpaired) electrons. The van der Waals surface area contributed by atoms with E-state index in [1.807, 2.05) is 32.3 Å². The molecule has 2 aliphatic heterocycles. The van der Waals surface area contributed by atoms with Gasteiger partial charge in [0.15, 0.2) is 0 Å². The molecular weight excluding hydrogens is 516 g/mol. The van der Waals surface area contributed by atoms with Gasteiger partial charge in [-0.2, -0.15) is 0 Å². The fourth-order valence-corrected chi connectivity index (χ4v) is 6.74. The van der Waals surface area contributed by atoms with Crippen molar-refractivity contribution in [3.05, 3.63) is 77.6 Å². The molecular formula is C32H34N6O3. The van der Waals surface area contributed by atoms with Crippen molar-refractivity contribution >= 4 is 27.8 Å². The normalized spacial score (nSPS) is 18.1. The minimum atomic E-state index is -0.820. The Hall–Kier alpha value is -4.08. The number of amides is 1. The largest absolute Gasteiger partial charge is 0.386 e. The molecule has 0 bridgehead atoms. The third-order valence-corrected chi connectivity index (χ3v) is 8.64. The first-order valence-electron chi connectivity index (χ1n) is 14.3. The van der Waals surface area contributed by atoms with Gasteiger partial charge in [-0.1, -0.05) is 35.5 Å². The number of aliphatic hydroxyl groups is 1. The van der Waals surface area contributed by atoms with Gasteiger partial charge in [0, 0.05) is 43.0 Å². The van der Waals surface area contributed by atoms with Crippen molar-refractivity contribution in [2.45, 2.75) is 38.3 Å². The van der Waals surface area contributed by atoms with E-state index in [4.69, 9.17) is 9.72 Å². The van der Waals surface area contributed by atoms with Crippen LogP contribution in [0.5, 0.6) is 0 Å². The third-order valence-electron chi connectivity index (χ3n) is 8.64. The van der Waals surface area contributed by atoms with Gasteiger partial charge in [-0.05, 0) is 62.4 Å². The molecule has 0 aliphatic carbocycles. The van der Waals surface area contributed by atoms with Crippen LogP contribution in [0.2, 0.25) is 0 Å². The van der Waals surface area contributed by atoms with Gasteiger partial charge in [0.25, 0.3) is 5.91 Å². The fraction of sp³-hybridized carbons (Fsp3) is 0.375. The Morgan fingerprint density at radius 2 is 1.83 bits per heavy atom. The van der Waals surface area contributed by atoms with Gasteiger partial charge in [0.1, 0.15) is 0 Å². The first kappa shape index (κ1) is 25.9. The summed E-state index contributed by atoms with van der Waals surface area (Å²) in [6.07, 6.45) is 3.80. The zero-order chi connectivity index (χ0) is 28.3. The highest BCUT2D eigenvalue weighted by molar-refractivity contribution is 6.09. The average Bonchev–Trinajstić information content (AvgIpc) is 3.47. The Morgan fingerprint density at radius 1 is 1.07 bits per heavy atom. The van der Waals surface area contributed by atoms with E-state index >= 15 is 0 Å². The maximum absolute atomic E-state index is 13.3. The summed E-state index contributed by atoms with van der Waals surface area (Å²) in [5, 5.41) is 19.6. The van der Waals surface area contributed by atoms with Crippen molar-refractivity contribution in [1.82, 2.24) is 29.4 Å².